The maximum absolute atomic E-state index is 11.9. The van der Waals surface area contributed by atoms with Crippen molar-refractivity contribution in [3.05, 3.63) is 71.3 Å². The van der Waals surface area contributed by atoms with Crippen LogP contribution in [-0.4, -0.2) is 19.7 Å². The van der Waals surface area contributed by atoms with Crippen LogP contribution in [-0.2, 0) is 9.53 Å². The van der Waals surface area contributed by atoms with Crippen LogP contribution >= 0.6 is 0 Å². The zero-order valence-electron chi connectivity index (χ0n) is 12.2. The van der Waals surface area contributed by atoms with Gasteiger partial charge in [-0.05, 0) is 36.3 Å². The third-order valence-corrected chi connectivity index (χ3v) is 3.10. The van der Waals surface area contributed by atoms with E-state index in [1.54, 1.807) is 0 Å². The highest BCUT2D eigenvalue weighted by molar-refractivity contribution is 5.94. The van der Waals surface area contributed by atoms with E-state index in [1.807, 2.05) is 67.6 Å². The molecule has 108 valence electrons. The molecule has 0 radical (unpaired) electrons. The topological polar surface area (TPSA) is 35.5 Å². The number of para-hydroxylation sites is 1. The van der Waals surface area contributed by atoms with E-state index in [9.17, 15) is 4.79 Å². The van der Waals surface area contributed by atoms with E-state index in [2.05, 4.69) is 0 Å². The standard InChI is InChI=1S/C18H18O3/c1-14-8-6-7-9-15(14)12-16(18(19)20-2)13-21-17-10-4-3-5-11-17/h3-12H,13H2,1-2H3/b16-12+. The minimum atomic E-state index is -0.380. The van der Waals surface area contributed by atoms with Crippen molar-refractivity contribution in [2.24, 2.45) is 0 Å². The average Bonchev–Trinajstić information content (AvgIpc) is 2.53. The molecular weight excluding hydrogens is 264 g/mol. The van der Waals surface area contributed by atoms with Crippen LogP contribution in [0.15, 0.2) is 60.2 Å². The summed E-state index contributed by atoms with van der Waals surface area (Å²) in [6.07, 6.45) is 1.81. The molecule has 0 atom stereocenters. The molecule has 0 saturated carbocycles. The summed E-state index contributed by atoms with van der Waals surface area (Å²) in [6.45, 7) is 2.17. The predicted molar refractivity (Wildman–Crippen MR) is 83.1 cm³/mol. The summed E-state index contributed by atoms with van der Waals surface area (Å²) in [5.41, 5.74) is 2.56. The summed E-state index contributed by atoms with van der Waals surface area (Å²) in [4.78, 5) is 11.9. The van der Waals surface area contributed by atoms with Gasteiger partial charge in [-0.3, -0.25) is 0 Å². The lowest BCUT2D eigenvalue weighted by Gasteiger charge is -2.09. The second kappa shape index (κ2) is 7.29. The van der Waals surface area contributed by atoms with Crippen LogP contribution in [0.25, 0.3) is 6.08 Å². The number of hydrogen-bond acceptors (Lipinski definition) is 3. The van der Waals surface area contributed by atoms with Gasteiger partial charge in [0.05, 0.1) is 12.7 Å². The number of methoxy groups -OCH3 is 1. The molecule has 3 nitrogen and oxygen atoms in total. The van der Waals surface area contributed by atoms with E-state index < -0.39 is 0 Å². The largest absolute Gasteiger partial charge is 0.489 e. The Labute approximate surface area is 124 Å². The van der Waals surface area contributed by atoms with Crippen LogP contribution in [0.1, 0.15) is 11.1 Å². The number of esters is 1. The number of hydrogen-bond donors (Lipinski definition) is 0. The first-order chi connectivity index (χ1) is 10.2. The molecule has 0 heterocycles. The van der Waals surface area contributed by atoms with Crippen LogP contribution in [0.3, 0.4) is 0 Å². The minimum Gasteiger partial charge on any atom is -0.489 e. The maximum Gasteiger partial charge on any atom is 0.337 e. The first-order valence-corrected chi connectivity index (χ1v) is 6.73. The molecule has 2 aromatic carbocycles. The SMILES string of the molecule is COC(=O)/C(=C/c1ccccc1C)COc1ccccc1. The molecule has 0 fully saturated rings. The molecule has 3 heteroatoms. The smallest absolute Gasteiger partial charge is 0.337 e. The summed E-state index contributed by atoms with van der Waals surface area (Å²) in [5, 5.41) is 0. The van der Waals surface area contributed by atoms with Gasteiger partial charge in [-0.2, -0.15) is 0 Å². The van der Waals surface area contributed by atoms with Crippen molar-refractivity contribution in [3.63, 3.8) is 0 Å². The van der Waals surface area contributed by atoms with Gasteiger partial charge in [0.2, 0.25) is 0 Å². The molecule has 0 spiro atoms. The molecule has 2 rings (SSSR count). The summed E-state index contributed by atoms with van der Waals surface area (Å²) in [7, 11) is 1.37. The molecule has 21 heavy (non-hydrogen) atoms. The molecule has 0 amide bonds. The summed E-state index contributed by atoms with van der Waals surface area (Å²) in [5.74, 6) is 0.339. The lowest BCUT2D eigenvalue weighted by Crippen LogP contribution is -2.12. The second-order valence-corrected chi connectivity index (χ2v) is 4.62. The molecular formula is C18H18O3. The zero-order chi connectivity index (χ0) is 15.1. The fourth-order valence-corrected chi connectivity index (χ4v) is 1.90. The monoisotopic (exact) mass is 282 g/mol. The van der Waals surface area contributed by atoms with Crippen molar-refractivity contribution >= 4 is 12.0 Å². The lowest BCUT2D eigenvalue weighted by atomic mass is 10.1. The van der Waals surface area contributed by atoms with Crippen LogP contribution in [0.4, 0.5) is 0 Å². The van der Waals surface area contributed by atoms with Crippen molar-refractivity contribution in [2.45, 2.75) is 6.92 Å². The normalized spacial score (nSPS) is 11.0. The van der Waals surface area contributed by atoms with Crippen molar-refractivity contribution < 1.29 is 14.3 Å². The summed E-state index contributed by atoms with van der Waals surface area (Å²) in [6, 6.07) is 17.2. The molecule has 0 aliphatic rings. The summed E-state index contributed by atoms with van der Waals surface area (Å²) < 4.78 is 10.5. The fraction of sp³-hybridized carbons (Fsp3) is 0.167. The number of ether oxygens (including phenoxy) is 2. The van der Waals surface area contributed by atoms with Gasteiger partial charge in [-0.1, -0.05) is 42.5 Å². The maximum atomic E-state index is 11.9. The molecule has 0 unspecified atom stereocenters. The molecule has 0 bridgehead atoms. The highest BCUT2D eigenvalue weighted by Gasteiger charge is 2.11. The second-order valence-electron chi connectivity index (χ2n) is 4.62. The Kier molecular flexibility index (Phi) is 5.16. The predicted octanol–water partition coefficient (Wildman–Crippen LogP) is 3.63. The Balaban J connectivity index is 2.19. The van der Waals surface area contributed by atoms with Crippen LogP contribution < -0.4 is 4.74 Å². The minimum absolute atomic E-state index is 0.172. The van der Waals surface area contributed by atoms with E-state index >= 15 is 0 Å². The van der Waals surface area contributed by atoms with E-state index in [0.717, 1.165) is 16.9 Å². The van der Waals surface area contributed by atoms with Gasteiger partial charge in [0.25, 0.3) is 0 Å². The van der Waals surface area contributed by atoms with E-state index in [0.29, 0.717) is 5.57 Å². The van der Waals surface area contributed by atoms with Crippen molar-refractivity contribution in [1.29, 1.82) is 0 Å². The van der Waals surface area contributed by atoms with Gasteiger partial charge >= 0.3 is 5.97 Å². The Morgan fingerprint density at radius 1 is 1.05 bits per heavy atom. The number of benzene rings is 2. The highest BCUT2D eigenvalue weighted by Crippen LogP contribution is 2.15. The van der Waals surface area contributed by atoms with Crippen molar-refractivity contribution in [1.82, 2.24) is 0 Å². The van der Waals surface area contributed by atoms with Gasteiger partial charge in [0.1, 0.15) is 12.4 Å². The van der Waals surface area contributed by atoms with Gasteiger partial charge in [-0.15, -0.1) is 0 Å². The number of carbonyl (C=O) groups excluding carboxylic acids is 1. The van der Waals surface area contributed by atoms with E-state index in [1.165, 1.54) is 7.11 Å². The molecule has 0 aliphatic heterocycles. The lowest BCUT2D eigenvalue weighted by molar-refractivity contribution is -0.136. The van der Waals surface area contributed by atoms with E-state index in [-0.39, 0.29) is 12.6 Å². The molecule has 0 N–H and O–H groups in total. The Morgan fingerprint density at radius 3 is 2.38 bits per heavy atom. The number of carbonyl (C=O) groups is 1. The average molecular weight is 282 g/mol. The molecule has 0 saturated heterocycles. The van der Waals surface area contributed by atoms with Gasteiger partial charge in [0, 0.05) is 0 Å². The van der Waals surface area contributed by atoms with Gasteiger partial charge < -0.3 is 9.47 Å². The zero-order valence-corrected chi connectivity index (χ0v) is 12.2. The first kappa shape index (κ1) is 14.9. The van der Waals surface area contributed by atoms with Gasteiger partial charge in [-0.25, -0.2) is 4.79 Å². The Bertz CT molecular complexity index is 630. The third-order valence-electron chi connectivity index (χ3n) is 3.10. The van der Waals surface area contributed by atoms with Crippen molar-refractivity contribution in [3.8, 4) is 5.75 Å². The molecule has 0 aromatic heterocycles. The van der Waals surface area contributed by atoms with Crippen molar-refractivity contribution in [2.75, 3.05) is 13.7 Å². The first-order valence-electron chi connectivity index (χ1n) is 6.73. The Hall–Kier alpha value is -2.55. The highest BCUT2D eigenvalue weighted by atomic mass is 16.5. The summed E-state index contributed by atoms with van der Waals surface area (Å²) >= 11 is 0. The third kappa shape index (κ3) is 4.21. The number of aryl methyl sites for hydroxylation is 1. The van der Waals surface area contributed by atoms with Crippen LogP contribution in [0, 0.1) is 6.92 Å². The van der Waals surface area contributed by atoms with E-state index in [4.69, 9.17) is 9.47 Å². The quantitative estimate of drug-likeness (QED) is 0.620. The van der Waals surface area contributed by atoms with Crippen LogP contribution in [0.5, 0.6) is 5.75 Å². The fourth-order valence-electron chi connectivity index (χ4n) is 1.90. The number of rotatable bonds is 5. The molecule has 0 aliphatic carbocycles. The van der Waals surface area contributed by atoms with Crippen LogP contribution in [0.2, 0.25) is 0 Å². The molecule has 2 aromatic rings. The van der Waals surface area contributed by atoms with Gasteiger partial charge in [0.15, 0.2) is 0 Å². The Morgan fingerprint density at radius 2 is 1.71 bits per heavy atom.